The second-order valence-electron chi connectivity index (χ2n) is 8.14. The average Bonchev–Trinajstić information content (AvgIpc) is 2.48. The van der Waals surface area contributed by atoms with Crippen LogP contribution in [-0.2, 0) is 11.3 Å². The number of fused-ring (bicyclic) bond motifs is 1. The summed E-state index contributed by atoms with van der Waals surface area (Å²) in [7, 11) is -1.49. The number of benzene rings is 1. The van der Waals surface area contributed by atoms with Gasteiger partial charge in [-0.15, -0.1) is 5.54 Å². The molecule has 6 heteroatoms. The molecule has 0 bridgehead atoms. The molecule has 0 radical (unpaired) electrons. The Labute approximate surface area is 154 Å². The maximum absolute atomic E-state index is 12.3. The molecule has 1 aromatic heterocycles. The van der Waals surface area contributed by atoms with Gasteiger partial charge in [0.25, 0.3) is 0 Å². The van der Waals surface area contributed by atoms with Gasteiger partial charge in [0.05, 0.1) is 11.9 Å². The van der Waals surface area contributed by atoms with E-state index in [9.17, 15) is 9.59 Å². The summed E-state index contributed by atoms with van der Waals surface area (Å²) in [5, 5.41) is 3.08. The van der Waals surface area contributed by atoms with E-state index in [-0.39, 0.29) is 12.0 Å². The highest BCUT2D eigenvalue weighted by Gasteiger charge is 2.16. The summed E-state index contributed by atoms with van der Waals surface area (Å²) in [5.41, 5.74) is 3.81. The van der Waals surface area contributed by atoms with E-state index in [4.69, 9.17) is 9.15 Å². The average molecular weight is 372 g/mol. The fraction of sp³-hybridized carbons (Fsp3) is 0.400. The van der Waals surface area contributed by atoms with E-state index in [1.54, 1.807) is 32.9 Å². The van der Waals surface area contributed by atoms with Gasteiger partial charge in [0, 0.05) is 11.6 Å². The van der Waals surface area contributed by atoms with Crippen molar-refractivity contribution < 1.29 is 13.9 Å². The normalized spacial score (nSPS) is 11.6. The molecule has 5 nitrogen and oxygen atoms in total. The molecule has 138 valence electrons. The van der Waals surface area contributed by atoms with Gasteiger partial charge in [-0.2, -0.15) is 0 Å². The van der Waals surface area contributed by atoms with Gasteiger partial charge in [-0.1, -0.05) is 25.6 Å². The number of rotatable bonds is 2. The lowest BCUT2D eigenvalue weighted by Crippen LogP contribution is -2.32. The van der Waals surface area contributed by atoms with Gasteiger partial charge in [0.15, 0.2) is 5.43 Å². The second kappa shape index (κ2) is 7.38. The summed E-state index contributed by atoms with van der Waals surface area (Å²) in [6.07, 6.45) is -0.560. The van der Waals surface area contributed by atoms with Gasteiger partial charge < -0.3 is 14.5 Å². The first kappa shape index (κ1) is 19.8. The summed E-state index contributed by atoms with van der Waals surface area (Å²) in [6.45, 7) is 11.9. The number of alkyl carbamates (subject to hydrolysis) is 1. The molecule has 0 saturated heterocycles. The van der Waals surface area contributed by atoms with Crippen LogP contribution in [0.4, 0.5) is 4.79 Å². The van der Waals surface area contributed by atoms with Crippen molar-refractivity contribution in [2.24, 2.45) is 0 Å². The number of hydrogen-bond acceptors (Lipinski definition) is 4. The first-order chi connectivity index (χ1) is 11.9. The Morgan fingerprint density at radius 3 is 2.54 bits per heavy atom. The lowest BCUT2D eigenvalue weighted by molar-refractivity contribution is 0.0520. The Morgan fingerprint density at radius 2 is 1.92 bits per heavy atom. The van der Waals surface area contributed by atoms with E-state index in [0.717, 1.165) is 5.56 Å². The number of carbonyl (C=O) groups is 1. The number of ether oxygens (including phenoxy) is 1. The zero-order chi connectivity index (χ0) is 19.5. The Balaban J connectivity index is 2.25. The van der Waals surface area contributed by atoms with Gasteiger partial charge in [-0.25, -0.2) is 4.79 Å². The quantitative estimate of drug-likeness (QED) is 0.639. The molecule has 0 unspecified atom stereocenters. The molecule has 1 heterocycles. The zero-order valence-corrected chi connectivity index (χ0v) is 17.1. The molecule has 2 rings (SSSR count). The Morgan fingerprint density at radius 1 is 1.23 bits per heavy atom. The van der Waals surface area contributed by atoms with E-state index in [1.165, 1.54) is 6.07 Å². The first-order valence-electron chi connectivity index (χ1n) is 8.50. The molecule has 0 fully saturated rings. The van der Waals surface area contributed by atoms with Crippen molar-refractivity contribution >= 4 is 25.1 Å². The van der Waals surface area contributed by atoms with E-state index >= 15 is 0 Å². The molecule has 1 aromatic carbocycles. The van der Waals surface area contributed by atoms with Gasteiger partial charge in [0.1, 0.15) is 25.0 Å². The fourth-order valence-electron chi connectivity index (χ4n) is 2.10. The summed E-state index contributed by atoms with van der Waals surface area (Å²) < 4.78 is 10.9. The van der Waals surface area contributed by atoms with Crippen molar-refractivity contribution in [1.82, 2.24) is 5.32 Å². The number of hydrogen-bond donors (Lipinski definition) is 1. The molecule has 0 spiro atoms. The van der Waals surface area contributed by atoms with Gasteiger partial charge in [-0.05, 0) is 39.0 Å². The van der Waals surface area contributed by atoms with Crippen molar-refractivity contribution in [2.45, 2.75) is 52.6 Å². The zero-order valence-electron chi connectivity index (χ0n) is 16.1. The van der Waals surface area contributed by atoms with Crippen molar-refractivity contribution in [3.05, 3.63) is 45.8 Å². The standard InChI is InChI=1S/C20H25NO4Si/c1-20(2,3)25-19(23)21-13-15-12-17(22)16-8-7-14(11-18(16)24-15)9-10-26(4,5)6/h7-8,11-12H,13H2,1-6H3,(H,21,23). The molecule has 0 saturated carbocycles. The second-order valence-corrected chi connectivity index (χ2v) is 12.9. The molecule has 1 amide bonds. The van der Waals surface area contributed by atoms with Crippen LogP contribution < -0.4 is 10.7 Å². The Kier molecular flexibility index (Phi) is 5.62. The van der Waals surface area contributed by atoms with Gasteiger partial charge in [-0.3, -0.25) is 4.79 Å². The predicted octanol–water partition coefficient (Wildman–Crippen LogP) is 4.05. The highest BCUT2D eigenvalue weighted by molar-refractivity contribution is 6.83. The minimum Gasteiger partial charge on any atom is -0.459 e. The van der Waals surface area contributed by atoms with E-state index in [1.807, 2.05) is 6.07 Å². The molecular formula is C20H25NO4Si. The van der Waals surface area contributed by atoms with Crippen LogP contribution in [0.3, 0.4) is 0 Å². The van der Waals surface area contributed by atoms with Crippen molar-refractivity contribution in [3.63, 3.8) is 0 Å². The number of nitrogens with one attached hydrogen (secondary N) is 1. The molecule has 1 N–H and O–H groups in total. The number of amides is 1. The molecule has 26 heavy (non-hydrogen) atoms. The summed E-state index contributed by atoms with van der Waals surface area (Å²) in [4.78, 5) is 24.0. The summed E-state index contributed by atoms with van der Waals surface area (Å²) >= 11 is 0. The minimum absolute atomic E-state index is 0.0743. The van der Waals surface area contributed by atoms with Crippen LogP contribution in [0.2, 0.25) is 19.6 Å². The van der Waals surface area contributed by atoms with Crippen LogP contribution in [0.25, 0.3) is 11.0 Å². The van der Waals surface area contributed by atoms with Gasteiger partial charge >= 0.3 is 6.09 Å². The van der Waals surface area contributed by atoms with Crippen LogP contribution in [0.5, 0.6) is 0 Å². The molecule has 0 aliphatic heterocycles. The van der Waals surface area contributed by atoms with Crippen LogP contribution in [0.1, 0.15) is 32.1 Å². The number of carbonyl (C=O) groups excluding carboxylic acids is 1. The third kappa shape index (κ3) is 6.08. The smallest absolute Gasteiger partial charge is 0.408 e. The monoisotopic (exact) mass is 371 g/mol. The topological polar surface area (TPSA) is 68.5 Å². The SMILES string of the molecule is CC(C)(C)OC(=O)NCc1cc(=O)c2ccc(C#C[Si](C)(C)C)cc2o1. The van der Waals surface area contributed by atoms with E-state index in [0.29, 0.717) is 16.7 Å². The van der Waals surface area contributed by atoms with Crippen molar-refractivity contribution in [2.75, 3.05) is 0 Å². The fourth-order valence-corrected chi connectivity index (χ4v) is 2.62. The van der Waals surface area contributed by atoms with E-state index < -0.39 is 19.8 Å². The Bertz CT molecular complexity index is 937. The minimum atomic E-state index is -1.49. The van der Waals surface area contributed by atoms with Crippen LogP contribution in [0.15, 0.2) is 33.5 Å². The lowest BCUT2D eigenvalue weighted by Gasteiger charge is -2.19. The highest BCUT2D eigenvalue weighted by Crippen LogP contribution is 2.15. The van der Waals surface area contributed by atoms with E-state index in [2.05, 4.69) is 36.4 Å². The Hall–Kier alpha value is -2.52. The predicted molar refractivity (Wildman–Crippen MR) is 106 cm³/mol. The summed E-state index contributed by atoms with van der Waals surface area (Å²) in [6, 6.07) is 6.69. The summed E-state index contributed by atoms with van der Waals surface area (Å²) in [5.74, 6) is 3.52. The maximum Gasteiger partial charge on any atom is 0.408 e. The van der Waals surface area contributed by atoms with Crippen LogP contribution in [-0.4, -0.2) is 19.8 Å². The molecular weight excluding hydrogens is 346 g/mol. The third-order valence-corrected chi connectivity index (χ3v) is 4.04. The highest BCUT2D eigenvalue weighted by atomic mass is 28.3. The van der Waals surface area contributed by atoms with Gasteiger partial charge in [0.2, 0.25) is 0 Å². The van der Waals surface area contributed by atoms with Crippen LogP contribution in [0, 0.1) is 11.5 Å². The maximum atomic E-state index is 12.3. The van der Waals surface area contributed by atoms with Crippen molar-refractivity contribution in [1.29, 1.82) is 0 Å². The molecule has 0 atom stereocenters. The molecule has 0 aliphatic carbocycles. The van der Waals surface area contributed by atoms with Crippen LogP contribution >= 0.6 is 0 Å². The largest absolute Gasteiger partial charge is 0.459 e. The lowest BCUT2D eigenvalue weighted by atomic mass is 10.1. The first-order valence-corrected chi connectivity index (χ1v) is 12.0. The molecule has 0 aliphatic rings. The van der Waals surface area contributed by atoms with Crippen molar-refractivity contribution in [3.8, 4) is 11.5 Å². The third-order valence-electron chi connectivity index (χ3n) is 3.17. The molecule has 2 aromatic rings.